The standard InChI is InChI=1S/C15H25N3O2/c1-5-11-7-6-8-12(9-11)18-14(10(2)3)13(16-17-18)15(19)20-4/h10-12H,5-9H2,1-4H3. The molecule has 2 atom stereocenters. The molecule has 0 spiro atoms. The van der Waals surface area contributed by atoms with E-state index >= 15 is 0 Å². The van der Waals surface area contributed by atoms with E-state index in [1.807, 2.05) is 4.68 Å². The van der Waals surface area contributed by atoms with E-state index in [-0.39, 0.29) is 11.9 Å². The zero-order chi connectivity index (χ0) is 14.7. The summed E-state index contributed by atoms with van der Waals surface area (Å²) in [6.45, 7) is 6.39. The third kappa shape index (κ3) is 2.86. The number of methoxy groups -OCH3 is 1. The SMILES string of the molecule is CCC1CCCC(n2nnc(C(=O)OC)c2C(C)C)C1. The third-order valence-electron chi connectivity index (χ3n) is 4.33. The molecule has 1 heterocycles. The largest absolute Gasteiger partial charge is 0.464 e. The molecule has 5 heteroatoms. The average molecular weight is 279 g/mol. The fourth-order valence-electron chi connectivity index (χ4n) is 3.21. The lowest BCUT2D eigenvalue weighted by molar-refractivity contribution is 0.0592. The minimum absolute atomic E-state index is 0.209. The van der Waals surface area contributed by atoms with Gasteiger partial charge in [-0.2, -0.15) is 0 Å². The molecular weight excluding hydrogens is 254 g/mol. The molecule has 5 nitrogen and oxygen atoms in total. The molecule has 0 N–H and O–H groups in total. The Labute approximate surface area is 120 Å². The Balaban J connectivity index is 2.31. The number of rotatable bonds is 4. The van der Waals surface area contributed by atoms with E-state index in [1.54, 1.807) is 0 Å². The second kappa shape index (κ2) is 6.37. The zero-order valence-corrected chi connectivity index (χ0v) is 12.9. The monoisotopic (exact) mass is 279 g/mol. The van der Waals surface area contributed by atoms with Gasteiger partial charge in [0.25, 0.3) is 0 Å². The summed E-state index contributed by atoms with van der Waals surface area (Å²) >= 11 is 0. The van der Waals surface area contributed by atoms with Gasteiger partial charge in [0.05, 0.1) is 18.8 Å². The lowest BCUT2D eigenvalue weighted by Crippen LogP contribution is -2.22. The van der Waals surface area contributed by atoms with Crippen molar-refractivity contribution < 1.29 is 9.53 Å². The molecule has 1 aliphatic carbocycles. The summed E-state index contributed by atoms with van der Waals surface area (Å²) in [4.78, 5) is 11.8. The van der Waals surface area contributed by atoms with Crippen molar-refractivity contribution in [3.8, 4) is 0 Å². The van der Waals surface area contributed by atoms with E-state index in [9.17, 15) is 4.79 Å². The quantitative estimate of drug-likeness (QED) is 0.793. The van der Waals surface area contributed by atoms with E-state index in [1.165, 1.54) is 26.4 Å². The summed E-state index contributed by atoms with van der Waals surface area (Å²) in [5.74, 6) is 0.587. The van der Waals surface area contributed by atoms with Crippen molar-refractivity contribution in [2.45, 2.75) is 64.8 Å². The van der Waals surface area contributed by atoms with Gasteiger partial charge in [-0.1, -0.05) is 45.2 Å². The van der Waals surface area contributed by atoms with Crippen LogP contribution in [0.4, 0.5) is 0 Å². The average Bonchev–Trinajstić information content (AvgIpc) is 2.91. The van der Waals surface area contributed by atoms with Crippen molar-refractivity contribution in [3.05, 3.63) is 11.4 Å². The molecule has 2 rings (SSSR count). The van der Waals surface area contributed by atoms with Crippen molar-refractivity contribution >= 4 is 5.97 Å². The van der Waals surface area contributed by atoms with Crippen molar-refractivity contribution in [1.29, 1.82) is 0 Å². The number of hydrogen-bond donors (Lipinski definition) is 0. The number of hydrogen-bond acceptors (Lipinski definition) is 4. The highest BCUT2D eigenvalue weighted by Crippen LogP contribution is 2.35. The number of carbonyl (C=O) groups excluding carboxylic acids is 1. The molecule has 0 aliphatic heterocycles. The summed E-state index contributed by atoms with van der Waals surface area (Å²) in [7, 11) is 1.39. The van der Waals surface area contributed by atoms with E-state index < -0.39 is 0 Å². The van der Waals surface area contributed by atoms with Crippen LogP contribution in [-0.2, 0) is 4.74 Å². The summed E-state index contributed by atoms with van der Waals surface area (Å²) < 4.78 is 6.80. The topological polar surface area (TPSA) is 57.0 Å². The highest BCUT2D eigenvalue weighted by molar-refractivity contribution is 5.88. The van der Waals surface area contributed by atoms with Crippen LogP contribution >= 0.6 is 0 Å². The number of aromatic nitrogens is 3. The van der Waals surface area contributed by atoms with Crippen LogP contribution in [0.15, 0.2) is 0 Å². The van der Waals surface area contributed by atoms with Gasteiger partial charge in [0.15, 0.2) is 5.69 Å². The number of nitrogens with zero attached hydrogens (tertiary/aromatic N) is 3. The van der Waals surface area contributed by atoms with Crippen LogP contribution in [0, 0.1) is 5.92 Å². The lowest BCUT2D eigenvalue weighted by atomic mass is 9.84. The Morgan fingerprint density at radius 3 is 2.80 bits per heavy atom. The summed E-state index contributed by atoms with van der Waals surface area (Å²) in [6.07, 6.45) is 6.02. The lowest BCUT2D eigenvalue weighted by Gasteiger charge is -2.29. The first-order valence-corrected chi connectivity index (χ1v) is 7.61. The summed E-state index contributed by atoms with van der Waals surface area (Å²) in [5.41, 5.74) is 1.29. The van der Waals surface area contributed by atoms with E-state index in [2.05, 4.69) is 31.1 Å². The van der Waals surface area contributed by atoms with Crippen LogP contribution in [0.1, 0.15) is 81.0 Å². The first-order chi connectivity index (χ1) is 9.58. The van der Waals surface area contributed by atoms with E-state index in [0.717, 1.165) is 24.5 Å². The van der Waals surface area contributed by atoms with Gasteiger partial charge in [-0.15, -0.1) is 5.10 Å². The van der Waals surface area contributed by atoms with Gasteiger partial charge in [0.1, 0.15) is 0 Å². The van der Waals surface area contributed by atoms with Crippen LogP contribution in [0.3, 0.4) is 0 Å². The van der Waals surface area contributed by atoms with Crippen LogP contribution in [0.25, 0.3) is 0 Å². The third-order valence-corrected chi connectivity index (χ3v) is 4.33. The van der Waals surface area contributed by atoms with Gasteiger partial charge >= 0.3 is 5.97 Å². The zero-order valence-electron chi connectivity index (χ0n) is 12.9. The maximum Gasteiger partial charge on any atom is 0.360 e. The Bertz CT molecular complexity index is 468. The predicted octanol–water partition coefficient (Wildman–Crippen LogP) is 3.33. The Morgan fingerprint density at radius 2 is 2.20 bits per heavy atom. The summed E-state index contributed by atoms with van der Waals surface area (Å²) in [5, 5.41) is 8.34. The van der Waals surface area contributed by atoms with Crippen molar-refractivity contribution in [2.24, 2.45) is 5.92 Å². The minimum atomic E-state index is -0.386. The van der Waals surface area contributed by atoms with Crippen molar-refractivity contribution in [2.75, 3.05) is 7.11 Å². The molecule has 1 aromatic heterocycles. The molecule has 0 bridgehead atoms. The van der Waals surface area contributed by atoms with E-state index in [0.29, 0.717) is 11.7 Å². The van der Waals surface area contributed by atoms with Gasteiger partial charge in [-0.3, -0.25) is 0 Å². The molecule has 1 saturated carbocycles. The number of carbonyl (C=O) groups is 1. The van der Waals surface area contributed by atoms with Gasteiger partial charge < -0.3 is 4.74 Å². The van der Waals surface area contributed by atoms with Crippen LogP contribution < -0.4 is 0 Å². The first kappa shape index (κ1) is 15.0. The first-order valence-electron chi connectivity index (χ1n) is 7.61. The second-order valence-electron chi connectivity index (χ2n) is 6.01. The molecule has 112 valence electrons. The fourth-order valence-corrected chi connectivity index (χ4v) is 3.21. The molecule has 20 heavy (non-hydrogen) atoms. The molecule has 0 saturated heterocycles. The smallest absolute Gasteiger partial charge is 0.360 e. The number of esters is 1. The van der Waals surface area contributed by atoms with Crippen LogP contribution in [0.5, 0.6) is 0 Å². The normalized spacial score (nSPS) is 23.1. The molecule has 0 amide bonds. The van der Waals surface area contributed by atoms with Gasteiger partial charge in [-0.25, -0.2) is 9.48 Å². The predicted molar refractivity (Wildman–Crippen MR) is 76.7 cm³/mol. The highest BCUT2D eigenvalue weighted by Gasteiger charge is 2.29. The van der Waals surface area contributed by atoms with Gasteiger partial charge in [0.2, 0.25) is 0 Å². The molecule has 1 aliphatic rings. The molecule has 1 aromatic rings. The molecule has 1 fully saturated rings. The molecule has 0 aromatic carbocycles. The molecular formula is C15H25N3O2. The van der Waals surface area contributed by atoms with Crippen LogP contribution in [0.2, 0.25) is 0 Å². The Kier molecular flexibility index (Phi) is 4.78. The number of ether oxygens (including phenoxy) is 1. The maximum atomic E-state index is 11.8. The molecule has 0 radical (unpaired) electrons. The highest BCUT2D eigenvalue weighted by atomic mass is 16.5. The van der Waals surface area contributed by atoms with Crippen molar-refractivity contribution in [3.63, 3.8) is 0 Å². The fraction of sp³-hybridized carbons (Fsp3) is 0.800. The minimum Gasteiger partial charge on any atom is -0.464 e. The van der Waals surface area contributed by atoms with Gasteiger partial charge in [-0.05, 0) is 24.7 Å². The van der Waals surface area contributed by atoms with Crippen LogP contribution in [-0.4, -0.2) is 28.1 Å². The maximum absolute atomic E-state index is 11.8. The Morgan fingerprint density at radius 1 is 1.45 bits per heavy atom. The molecule has 2 unspecified atom stereocenters. The van der Waals surface area contributed by atoms with Gasteiger partial charge in [0, 0.05) is 0 Å². The Hall–Kier alpha value is -1.39. The second-order valence-corrected chi connectivity index (χ2v) is 6.01. The summed E-state index contributed by atoms with van der Waals surface area (Å²) in [6, 6.07) is 0.372. The van der Waals surface area contributed by atoms with E-state index in [4.69, 9.17) is 4.74 Å². The van der Waals surface area contributed by atoms with Crippen molar-refractivity contribution in [1.82, 2.24) is 15.0 Å².